The molecule has 0 aliphatic carbocycles. The van der Waals surface area contributed by atoms with E-state index in [4.69, 9.17) is 4.74 Å². The number of ether oxygens (including phenoxy) is 1. The minimum Gasteiger partial charge on any atom is -0.497 e. The summed E-state index contributed by atoms with van der Waals surface area (Å²) in [6.45, 7) is 8.23. The lowest BCUT2D eigenvalue weighted by atomic mass is 10.0. The number of para-hydroxylation sites is 1. The Labute approximate surface area is 250 Å². The van der Waals surface area contributed by atoms with Gasteiger partial charge in [0, 0.05) is 40.2 Å². The molecule has 3 nitrogen and oxygen atoms in total. The second-order valence-corrected chi connectivity index (χ2v) is 9.96. The number of aryl methyl sites for hydroxylation is 1. The molecule has 0 fully saturated rings. The SMILES string of the molecule is C=C/C(=C\C=C/C)N(c1ccc(-c2ccc(N(c3ccccc3)c3cccc(OC)c3)cc2)cc1)c1cccc(C)c1. The predicted molar refractivity (Wildman–Crippen MR) is 180 cm³/mol. The van der Waals surface area contributed by atoms with Crippen molar-refractivity contribution >= 4 is 28.4 Å². The van der Waals surface area contributed by atoms with Crippen LogP contribution in [0.4, 0.5) is 28.4 Å². The number of anilines is 5. The van der Waals surface area contributed by atoms with Crippen molar-refractivity contribution in [2.24, 2.45) is 0 Å². The largest absolute Gasteiger partial charge is 0.497 e. The molecule has 5 rings (SSSR count). The quantitative estimate of drug-likeness (QED) is 0.161. The maximum atomic E-state index is 5.51. The van der Waals surface area contributed by atoms with Crippen LogP contribution in [0, 0.1) is 6.92 Å². The summed E-state index contributed by atoms with van der Waals surface area (Å²) < 4.78 is 5.51. The fourth-order valence-corrected chi connectivity index (χ4v) is 5.02. The van der Waals surface area contributed by atoms with Crippen LogP contribution in [-0.2, 0) is 0 Å². The van der Waals surface area contributed by atoms with E-state index in [1.165, 1.54) is 5.56 Å². The fourth-order valence-electron chi connectivity index (χ4n) is 5.02. The molecule has 0 aliphatic rings. The molecule has 0 bridgehead atoms. The Hall–Kier alpha value is -5.28. The van der Waals surface area contributed by atoms with E-state index in [0.29, 0.717) is 0 Å². The monoisotopic (exact) mass is 548 g/mol. The van der Waals surface area contributed by atoms with Crippen LogP contribution in [0.1, 0.15) is 12.5 Å². The summed E-state index contributed by atoms with van der Waals surface area (Å²) in [7, 11) is 1.70. The van der Waals surface area contributed by atoms with Gasteiger partial charge in [-0.15, -0.1) is 0 Å². The van der Waals surface area contributed by atoms with Gasteiger partial charge in [-0.2, -0.15) is 0 Å². The van der Waals surface area contributed by atoms with Gasteiger partial charge in [-0.05, 0) is 103 Å². The molecule has 0 atom stereocenters. The molecule has 0 N–H and O–H groups in total. The van der Waals surface area contributed by atoms with Crippen LogP contribution >= 0.6 is 0 Å². The number of benzene rings is 5. The average molecular weight is 549 g/mol. The third kappa shape index (κ3) is 6.37. The van der Waals surface area contributed by atoms with E-state index >= 15 is 0 Å². The molecule has 3 heteroatoms. The zero-order valence-electron chi connectivity index (χ0n) is 24.4. The molecular weight excluding hydrogens is 512 g/mol. The first-order valence-corrected chi connectivity index (χ1v) is 14.1. The van der Waals surface area contributed by atoms with Crippen LogP contribution in [0.3, 0.4) is 0 Å². The van der Waals surface area contributed by atoms with Crippen molar-refractivity contribution in [2.45, 2.75) is 13.8 Å². The fraction of sp³-hybridized carbons (Fsp3) is 0.0769. The molecular formula is C39H36N2O. The Kier molecular flexibility index (Phi) is 9.00. The highest BCUT2D eigenvalue weighted by atomic mass is 16.5. The first kappa shape index (κ1) is 28.3. The summed E-state index contributed by atoms with van der Waals surface area (Å²) in [5.41, 5.74) is 9.90. The molecule has 0 saturated carbocycles. The lowest BCUT2D eigenvalue weighted by Gasteiger charge is -2.27. The molecule has 0 spiro atoms. The third-order valence-electron chi connectivity index (χ3n) is 7.10. The van der Waals surface area contributed by atoms with Gasteiger partial charge in [0.25, 0.3) is 0 Å². The van der Waals surface area contributed by atoms with Gasteiger partial charge in [-0.25, -0.2) is 0 Å². The number of methoxy groups -OCH3 is 1. The highest BCUT2D eigenvalue weighted by molar-refractivity contribution is 5.79. The molecule has 42 heavy (non-hydrogen) atoms. The number of rotatable bonds is 10. The van der Waals surface area contributed by atoms with Gasteiger partial charge in [0.15, 0.2) is 0 Å². The summed E-state index contributed by atoms with van der Waals surface area (Å²) in [6.07, 6.45) is 8.05. The first-order valence-electron chi connectivity index (χ1n) is 14.1. The molecule has 0 unspecified atom stereocenters. The van der Waals surface area contributed by atoms with Crippen LogP contribution in [0.25, 0.3) is 11.1 Å². The van der Waals surface area contributed by atoms with E-state index < -0.39 is 0 Å². The normalized spacial score (nSPS) is 11.4. The van der Waals surface area contributed by atoms with Crippen LogP contribution in [-0.4, -0.2) is 7.11 Å². The standard InChI is InChI=1S/C39H36N2O/c1-5-7-14-33(6-2)40(37-17-11-13-30(3)28-37)35-24-20-31(21-25-35)32-22-26-36(27-23-32)41(34-15-9-8-10-16-34)38-18-12-19-39(29-38)42-4/h5-29H,2H2,1,3-4H3/b7-5-,33-14+. The van der Waals surface area contributed by atoms with Gasteiger partial charge < -0.3 is 14.5 Å². The summed E-state index contributed by atoms with van der Waals surface area (Å²) in [6, 6.07) is 44.5. The Morgan fingerprint density at radius 1 is 0.643 bits per heavy atom. The lowest BCUT2D eigenvalue weighted by molar-refractivity contribution is 0.415. The van der Waals surface area contributed by atoms with Gasteiger partial charge >= 0.3 is 0 Å². The van der Waals surface area contributed by atoms with Gasteiger partial charge in [0.1, 0.15) is 5.75 Å². The summed E-state index contributed by atoms with van der Waals surface area (Å²) in [4.78, 5) is 4.47. The average Bonchev–Trinajstić information content (AvgIpc) is 3.04. The number of hydrogen-bond acceptors (Lipinski definition) is 3. The topological polar surface area (TPSA) is 15.7 Å². The summed E-state index contributed by atoms with van der Waals surface area (Å²) in [5, 5.41) is 0. The van der Waals surface area contributed by atoms with Crippen molar-refractivity contribution in [3.05, 3.63) is 170 Å². The molecule has 208 valence electrons. The Morgan fingerprint density at radius 2 is 1.24 bits per heavy atom. The number of hydrogen-bond donors (Lipinski definition) is 0. The van der Waals surface area contributed by atoms with E-state index in [0.717, 1.165) is 51.0 Å². The van der Waals surface area contributed by atoms with Crippen LogP contribution in [0.2, 0.25) is 0 Å². The van der Waals surface area contributed by atoms with E-state index in [-0.39, 0.29) is 0 Å². The van der Waals surface area contributed by atoms with Gasteiger partial charge in [-0.3, -0.25) is 0 Å². The Bertz CT molecular complexity index is 1680. The molecule has 0 radical (unpaired) electrons. The van der Waals surface area contributed by atoms with Gasteiger partial charge in [-0.1, -0.05) is 79.4 Å². The van der Waals surface area contributed by atoms with E-state index in [9.17, 15) is 0 Å². The highest BCUT2D eigenvalue weighted by Crippen LogP contribution is 2.37. The van der Waals surface area contributed by atoms with Crippen LogP contribution in [0.5, 0.6) is 5.75 Å². The number of allylic oxidation sites excluding steroid dienone is 4. The predicted octanol–water partition coefficient (Wildman–Crippen LogP) is 10.9. The Morgan fingerprint density at radius 3 is 1.86 bits per heavy atom. The van der Waals surface area contributed by atoms with E-state index in [1.807, 2.05) is 43.4 Å². The molecule has 5 aromatic rings. The van der Waals surface area contributed by atoms with Crippen molar-refractivity contribution < 1.29 is 4.74 Å². The van der Waals surface area contributed by atoms with Crippen molar-refractivity contribution in [2.75, 3.05) is 16.9 Å². The van der Waals surface area contributed by atoms with Crippen molar-refractivity contribution in [1.29, 1.82) is 0 Å². The van der Waals surface area contributed by atoms with Crippen molar-refractivity contribution in [1.82, 2.24) is 0 Å². The molecule has 0 heterocycles. The zero-order chi connectivity index (χ0) is 29.3. The molecule has 0 saturated heterocycles. The number of nitrogens with zero attached hydrogens (tertiary/aromatic N) is 2. The van der Waals surface area contributed by atoms with Gasteiger partial charge in [0.05, 0.1) is 7.11 Å². The molecule has 0 aromatic heterocycles. The smallest absolute Gasteiger partial charge is 0.120 e. The third-order valence-corrected chi connectivity index (χ3v) is 7.10. The van der Waals surface area contributed by atoms with Crippen molar-refractivity contribution in [3.63, 3.8) is 0 Å². The maximum absolute atomic E-state index is 5.51. The second-order valence-electron chi connectivity index (χ2n) is 9.96. The molecule has 0 aliphatic heterocycles. The molecule has 5 aromatic carbocycles. The zero-order valence-corrected chi connectivity index (χ0v) is 24.4. The van der Waals surface area contributed by atoms with Crippen LogP contribution in [0.15, 0.2) is 164 Å². The maximum Gasteiger partial charge on any atom is 0.120 e. The van der Waals surface area contributed by atoms with E-state index in [2.05, 4.69) is 139 Å². The molecule has 0 amide bonds. The van der Waals surface area contributed by atoms with Crippen molar-refractivity contribution in [3.8, 4) is 16.9 Å². The summed E-state index contributed by atoms with van der Waals surface area (Å²) in [5.74, 6) is 0.824. The van der Waals surface area contributed by atoms with Crippen LogP contribution < -0.4 is 14.5 Å². The van der Waals surface area contributed by atoms with E-state index in [1.54, 1.807) is 7.11 Å². The minimum absolute atomic E-state index is 0.824. The second kappa shape index (κ2) is 13.4. The Balaban J connectivity index is 1.48. The summed E-state index contributed by atoms with van der Waals surface area (Å²) >= 11 is 0. The minimum atomic E-state index is 0.824. The lowest BCUT2D eigenvalue weighted by Crippen LogP contribution is -2.15. The van der Waals surface area contributed by atoms with Gasteiger partial charge in [0.2, 0.25) is 0 Å². The highest BCUT2D eigenvalue weighted by Gasteiger charge is 2.15. The first-order chi connectivity index (χ1) is 20.6.